The van der Waals surface area contributed by atoms with Crippen molar-refractivity contribution in [3.8, 4) is 5.69 Å². The molecule has 1 aromatic heterocycles. The van der Waals surface area contributed by atoms with Gasteiger partial charge in [-0.15, -0.1) is 0 Å². The minimum absolute atomic E-state index is 0.116. The first-order valence-corrected chi connectivity index (χ1v) is 5.71. The van der Waals surface area contributed by atoms with Crippen molar-refractivity contribution >= 4 is 0 Å². The quantitative estimate of drug-likeness (QED) is 0.850. The van der Waals surface area contributed by atoms with Crippen LogP contribution in [-0.4, -0.2) is 9.78 Å². The van der Waals surface area contributed by atoms with Crippen molar-refractivity contribution in [3.63, 3.8) is 0 Å². The standard InChI is InChI=1S/C13H15N3/c14-13(10-6-7-10)12-8-9-16(15-12)11-4-2-1-3-5-11/h1-5,8-10,13H,6-7,14H2. The van der Waals surface area contributed by atoms with Crippen LogP contribution in [0.4, 0.5) is 0 Å². The van der Waals surface area contributed by atoms with Gasteiger partial charge in [0, 0.05) is 6.20 Å². The molecule has 0 saturated heterocycles. The molecule has 0 spiro atoms. The molecular formula is C13H15N3. The number of hydrogen-bond acceptors (Lipinski definition) is 2. The van der Waals surface area contributed by atoms with Gasteiger partial charge in [0.1, 0.15) is 0 Å². The molecule has 3 heteroatoms. The average molecular weight is 213 g/mol. The van der Waals surface area contributed by atoms with Crippen molar-refractivity contribution in [2.75, 3.05) is 0 Å². The van der Waals surface area contributed by atoms with E-state index in [9.17, 15) is 0 Å². The molecule has 1 fully saturated rings. The van der Waals surface area contributed by atoms with Gasteiger partial charge in [0.25, 0.3) is 0 Å². The summed E-state index contributed by atoms with van der Waals surface area (Å²) in [6.45, 7) is 0. The lowest BCUT2D eigenvalue weighted by molar-refractivity contribution is 0.605. The molecule has 3 nitrogen and oxygen atoms in total. The van der Waals surface area contributed by atoms with Gasteiger partial charge in [0.15, 0.2) is 0 Å². The van der Waals surface area contributed by atoms with Crippen molar-refractivity contribution < 1.29 is 0 Å². The molecule has 3 rings (SSSR count). The van der Waals surface area contributed by atoms with Crippen LogP contribution in [0.2, 0.25) is 0 Å². The summed E-state index contributed by atoms with van der Waals surface area (Å²) in [5.41, 5.74) is 8.20. The van der Waals surface area contributed by atoms with Crippen LogP contribution in [-0.2, 0) is 0 Å². The summed E-state index contributed by atoms with van der Waals surface area (Å²) >= 11 is 0. The average Bonchev–Trinajstić information content (AvgIpc) is 3.07. The summed E-state index contributed by atoms with van der Waals surface area (Å²) < 4.78 is 1.89. The van der Waals surface area contributed by atoms with E-state index in [-0.39, 0.29) is 6.04 Å². The Morgan fingerprint density at radius 2 is 1.94 bits per heavy atom. The molecule has 0 amide bonds. The van der Waals surface area contributed by atoms with Gasteiger partial charge in [-0.25, -0.2) is 4.68 Å². The highest BCUT2D eigenvalue weighted by Gasteiger charge is 2.30. The number of hydrogen-bond donors (Lipinski definition) is 1. The molecule has 1 saturated carbocycles. The SMILES string of the molecule is NC(c1ccn(-c2ccccc2)n1)C1CC1. The summed E-state index contributed by atoms with van der Waals surface area (Å²) in [4.78, 5) is 0. The van der Waals surface area contributed by atoms with E-state index in [4.69, 9.17) is 5.73 Å². The molecule has 0 radical (unpaired) electrons. The predicted molar refractivity (Wildman–Crippen MR) is 63.2 cm³/mol. The number of benzene rings is 1. The van der Waals surface area contributed by atoms with E-state index in [1.807, 2.05) is 47.3 Å². The second-order valence-corrected chi connectivity index (χ2v) is 4.38. The van der Waals surface area contributed by atoms with Gasteiger partial charge in [-0.2, -0.15) is 5.10 Å². The van der Waals surface area contributed by atoms with Crippen LogP contribution in [0.3, 0.4) is 0 Å². The molecule has 0 bridgehead atoms. The first-order valence-electron chi connectivity index (χ1n) is 5.71. The number of rotatable bonds is 3. The van der Waals surface area contributed by atoms with Crippen LogP contribution in [0.25, 0.3) is 5.69 Å². The van der Waals surface area contributed by atoms with E-state index >= 15 is 0 Å². The Labute approximate surface area is 94.9 Å². The van der Waals surface area contributed by atoms with E-state index in [0.29, 0.717) is 5.92 Å². The zero-order valence-corrected chi connectivity index (χ0v) is 9.08. The molecule has 1 heterocycles. The van der Waals surface area contributed by atoms with Crippen molar-refractivity contribution in [1.29, 1.82) is 0 Å². The minimum Gasteiger partial charge on any atom is -0.322 e. The predicted octanol–water partition coefficient (Wildman–Crippen LogP) is 2.28. The van der Waals surface area contributed by atoms with E-state index in [2.05, 4.69) is 5.10 Å². The first-order chi connectivity index (χ1) is 7.84. The maximum Gasteiger partial charge on any atom is 0.0799 e. The Bertz CT molecular complexity index is 471. The third kappa shape index (κ3) is 1.74. The molecule has 1 atom stereocenters. The van der Waals surface area contributed by atoms with Crippen LogP contribution in [0, 0.1) is 5.92 Å². The third-order valence-electron chi connectivity index (χ3n) is 3.10. The monoisotopic (exact) mass is 213 g/mol. The van der Waals surface area contributed by atoms with Crippen molar-refractivity contribution in [3.05, 3.63) is 48.3 Å². The minimum atomic E-state index is 0.116. The van der Waals surface area contributed by atoms with Gasteiger partial charge >= 0.3 is 0 Å². The van der Waals surface area contributed by atoms with Gasteiger partial charge in [-0.1, -0.05) is 18.2 Å². The summed E-state index contributed by atoms with van der Waals surface area (Å²) in [7, 11) is 0. The number of para-hydroxylation sites is 1. The molecule has 0 aliphatic heterocycles. The van der Waals surface area contributed by atoms with Gasteiger partial charge in [0.05, 0.1) is 17.4 Å². The largest absolute Gasteiger partial charge is 0.322 e. The molecule has 1 aliphatic rings. The maximum atomic E-state index is 6.12. The Morgan fingerprint density at radius 3 is 2.62 bits per heavy atom. The number of aromatic nitrogens is 2. The fraction of sp³-hybridized carbons (Fsp3) is 0.308. The summed E-state index contributed by atoms with van der Waals surface area (Å²) in [6.07, 6.45) is 4.48. The molecule has 1 unspecified atom stereocenters. The second kappa shape index (κ2) is 3.76. The molecular weight excluding hydrogens is 198 g/mol. The van der Waals surface area contributed by atoms with Gasteiger partial charge < -0.3 is 5.73 Å². The Hall–Kier alpha value is -1.61. The van der Waals surface area contributed by atoms with Crippen molar-refractivity contribution in [2.24, 2.45) is 11.7 Å². The van der Waals surface area contributed by atoms with E-state index in [0.717, 1.165) is 11.4 Å². The van der Waals surface area contributed by atoms with Gasteiger partial charge in [0.2, 0.25) is 0 Å². The van der Waals surface area contributed by atoms with E-state index in [1.54, 1.807) is 0 Å². The topological polar surface area (TPSA) is 43.8 Å². The van der Waals surface area contributed by atoms with E-state index < -0.39 is 0 Å². The van der Waals surface area contributed by atoms with Crippen molar-refractivity contribution in [2.45, 2.75) is 18.9 Å². The molecule has 82 valence electrons. The maximum absolute atomic E-state index is 6.12. The summed E-state index contributed by atoms with van der Waals surface area (Å²) in [5, 5.41) is 4.53. The zero-order chi connectivity index (χ0) is 11.0. The van der Waals surface area contributed by atoms with Crippen molar-refractivity contribution in [1.82, 2.24) is 9.78 Å². The number of nitrogens with two attached hydrogens (primary N) is 1. The fourth-order valence-corrected chi connectivity index (χ4v) is 1.94. The van der Waals surface area contributed by atoms with Crippen LogP contribution in [0.15, 0.2) is 42.6 Å². The normalized spacial score (nSPS) is 17.3. The summed E-state index contributed by atoms with van der Waals surface area (Å²) in [6, 6.07) is 12.2. The molecule has 2 aromatic rings. The third-order valence-corrected chi connectivity index (χ3v) is 3.10. The van der Waals surface area contributed by atoms with Crippen LogP contribution in [0.1, 0.15) is 24.6 Å². The van der Waals surface area contributed by atoms with E-state index in [1.165, 1.54) is 12.8 Å². The van der Waals surface area contributed by atoms with Crippen LogP contribution < -0.4 is 5.73 Å². The smallest absolute Gasteiger partial charge is 0.0799 e. The van der Waals surface area contributed by atoms with Crippen LogP contribution >= 0.6 is 0 Å². The summed E-state index contributed by atoms with van der Waals surface area (Å²) in [5.74, 6) is 0.652. The van der Waals surface area contributed by atoms with Gasteiger partial charge in [-0.05, 0) is 37.0 Å². The molecule has 2 N–H and O–H groups in total. The second-order valence-electron chi connectivity index (χ2n) is 4.38. The number of nitrogens with zero attached hydrogens (tertiary/aromatic N) is 2. The molecule has 1 aromatic carbocycles. The highest BCUT2D eigenvalue weighted by Crippen LogP contribution is 2.38. The molecule has 16 heavy (non-hydrogen) atoms. The Kier molecular flexibility index (Phi) is 2.26. The van der Waals surface area contributed by atoms with Gasteiger partial charge in [-0.3, -0.25) is 0 Å². The zero-order valence-electron chi connectivity index (χ0n) is 9.08. The lowest BCUT2D eigenvalue weighted by Gasteiger charge is -2.05. The highest BCUT2D eigenvalue weighted by atomic mass is 15.3. The molecule has 1 aliphatic carbocycles. The Morgan fingerprint density at radius 1 is 1.19 bits per heavy atom. The highest BCUT2D eigenvalue weighted by molar-refractivity contribution is 5.30. The first kappa shape index (κ1) is 9.60. The fourth-order valence-electron chi connectivity index (χ4n) is 1.94. The lowest BCUT2D eigenvalue weighted by Crippen LogP contribution is -2.13. The lowest BCUT2D eigenvalue weighted by atomic mass is 10.1. The Balaban J connectivity index is 1.87. The van der Waals surface area contributed by atoms with Crippen LogP contribution in [0.5, 0.6) is 0 Å².